The van der Waals surface area contributed by atoms with Gasteiger partial charge in [-0.1, -0.05) is 0 Å². The molecule has 8 nitrogen and oxygen atoms in total. The standard InChI is InChI=1S/C21H22FN3O5/c1-12-11-28-20-18-14(16(26)3-4-25(12)18)9-15(22)19(20)24-7-5-23(6-8-24)10-17-13(2)29-21(27)30-17/h3-4,9,12H,5-8,10-11H2,1-2H3. The maximum Gasteiger partial charge on any atom is 0.519 e. The first-order chi connectivity index (χ1) is 14.4. The molecule has 2 aliphatic heterocycles. The Labute approximate surface area is 171 Å². The second-order valence-electron chi connectivity index (χ2n) is 7.88. The van der Waals surface area contributed by atoms with E-state index in [4.69, 9.17) is 13.6 Å². The highest BCUT2D eigenvalue weighted by molar-refractivity contribution is 5.92. The van der Waals surface area contributed by atoms with Gasteiger partial charge < -0.3 is 23.0 Å². The Hall–Kier alpha value is -3.07. The van der Waals surface area contributed by atoms with E-state index in [9.17, 15) is 9.59 Å². The molecule has 0 N–H and O–H groups in total. The summed E-state index contributed by atoms with van der Waals surface area (Å²) in [4.78, 5) is 27.6. The second-order valence-corrected chi connectivity index (χ2v) is 7.88. The molecule has 0 saturated carbocycles. The molecule has 2 aromatic heterocycles. The van der Waals surface area contributed by atoms with Gasteiger partial charge in [-0.15, -0.1) is 0 Å². The summed E-state index contributed by atoms with van der Waals surface area (Å²) in [5.74, 6) is 0.281. The number of hydrogen-bond acceptors (Lipinski definition) is 7. The van der Waals surface area contributed by atoms with Gasteiger partial charge in [-0.25, -0.2) is 9.18 Å². The fourth-order valence-corrected chi connectivity index (χ4v) is 4.30. The highest BCUT2D eigenvalue weighted by Crippen LogP contribution is 2.41. The third-order valence-corrected chi connectivity index (χ3v) is 5.93. The van der Waals surface area contributed by atoms with Gasteiger partial charge in [-0.05, 0) is 19.9 Å². The maximum absolute atomic E-state index is 15.1. The van der Waals surface area contributed by atoms with E-state index in [2.05, 4.69) is 4.90 Å². The van der Waals surface area contributed by atoms with Crippen LogP contribution in [0.3, 0.4) is 0 Å². The lowest BCUT2D eigenvalue weighted by molar-refractivity contribution is 0.223. The number of piperazine rings is 1. The van der Waals surface area contributed by atoms with Crippen molar-refractivity contribution >= 4 is 16.6 Å². The van der Waals surface area contributed by atoms with Crippen LogP contribution < -0.4 is 20.9 Å². The molecule has 1 fully saturated rings. The first kappa shape index (κ1) is 18.9. The van der Waals surface area contributed by atoms with Crippen molar-refractivity contribution in [2.24, 2.45) is 0 Å². The topological polar surface area (TPSA) is 81.1 Å². The number of benzene rings is 1. The van der Waals surface area contributed by atoms with Crippen LogP contribution in [0.5, 0.6) is 5.75 Å². The first-order valence-electron chi connectivity index (χ1n) is 9.99. The van der Waals surface area contributed by atoms with Crippen molar-refractivity contribution in [3.8, 4) is 5.75 Å². The van der Waals surface area contributed by atoms with Crippen LogP contribution in [0.2, 0.25) is 0 Å². The number of pyridine rings is 1. The SMILES string of the molecule is Cc1oc(=O)oc1CN1CCN(c2c(F)cc3c(=O)ccn4c3c2OCC4C)CC1. The molecule has 4 heterocycles. The van der Waals surface area contributed by atoms with Gasteiger partial charge in [0.15, 0.2) is 22.8 Å². The predicted molar refractivity (Wildman–Crippen MR) is 108 cm³/mol. The molecule has 0 spiro atoms. The highest BCUT2D eigenvalue weighted by atomic mass is 19.1. The molecule has 1 saturated heterocycles. The third kappa shape index (κ3) is 3.00. The number of aromatic nitrogens is 1. The zero-order valence-electron chi connectivity index (χ0n) is 16.8. The Morgan fingerprint density at radius 1 is 1.17 bits per heavy atom. The van der Waals surface area contributed by atoms with Crippen LogP contribution in [-0.2, 0) is 6.54 Å². The number of aryl methyl sites for hydroxylation is 1. The molecule has 0 amide bonds. The normalized spacial score (nSPS) is 19.3. The van der Waals surface area contributed by atoms with E-state index in [1.807, 2.05) is 16.4 Å². The lowest BCUT2D eigenvalue weighted by Gasteiger charge is -2.38. The molecule has 30 heavy (non-hydrogen) atoms. The zero-order valence-corrected chi connectivity index (χ0v) is 16.8. The average Bonchev–Trinajstić information content (AvgIpc) is 3.03. The molecule has 5 rings (SSSR count). The molecular formula is C21H22FN3O5. The van der Waals surface area contributed by atoms with Crippen molar-refractivity contribution in [2.75, 3.05) is 37.7 Å². The molecule has 3 aromatic rings. The number of nitrogens with zero attached hydrogens (tertiary/aromatic N) is 3. The van der Waals surface area contributed by atoms with Crippen LogP contribution in [0, 0.1) is 12.7 Å². The molecule has 9 heteroatoms. The minimum Gasteiger partial charge on any atom is -0.487 e. The summed E-state index contributed by atoms with van der Waals surface area (Å²) in [7, 11) is 0. The molecule has 1 aromatic carbocycles. The minimum atomic E-state index is -0.698. The quantitative estimate of drug-likeness (QED) is 0.649. The molecule has 0 bridgehead atoms. The van der Waals surface area contributed by atoms with E-state index in [1.54, 1.807) is 13.1 Å². The molecule has 0 radical (unpaired) electrons. The molecule has 1 atom stereocenters. The van der Waals surface area contributed by atoms with E-state index in [1.165, 1.54) is 12.1 Å². The molecule has 1 unspecified atom stereocenters. The number of ether oxygens (including phenoxy) is 1. The average molecular weight is 415 g/mol. The van der Waals surface area contributed by atoms with Crippen molar-refractivity contribution in [1.29, 1.82) is 0 Å². The largest absolute Gasteiger partial charge is 0.519 e. The van der Waals surface area contributed by atoms with Gasteiger partial charge in [-0.2, -0.15) is 0 Å². The van der Waals surface area contributed by atoms with Gasteiger partial charge in [0, 0.05) is 38.4 Å². The fraction of sp³-hybridized carbons (Fsp3) is 0.429. The predicted octanol–water partition coefficient (Wildman–Crippen LogP) is 2.27. The Bertz CT molecular complexity index is 1240. The summed E-state index contributed by atoms with van der Waals surface area (Å²) in [5, 5.41) is 0.337. The number of hydrogen-bond donors (Lipinski definition) is 0. The number of halogens is 1. The second kappa shape index (κ2) is 7.02. The zero-order chi connectivity index (χ0) is 21.0. The van der Waals surface area contributed by atoms with Crippen LogP contribution in [0.25, 0.3) is 10.9 Å². The summed E-state index contributed by atoms with van der Waals surface area (Å²) in [6.45, 7) is 7.05. The van der Waals surface area contributed by atoms with Crippen molar-refractivity contribution in [1.82, 2.24) is 9.47 Å². The third-order valence-electron chi connectivity index (χ3n) is 5.93. The lowest BCUT2D eigenvalue weighted by atomic mass is 10.1. The Morgan fingerprint density at radius 2 is 1.93 bits per heavy atom. The van der Waals surface area contributed by atoms with E-state index >= 15 is 4.39 Å². The van der Waals surface area contributed by atoms with Crippen LogP contribution in [0.4, 0.5) is 10.1 Å². The minimum absolute atomic E-state index is 0.0589. The van der Waals surface area contributed by atoms with Gasteiger partial charge in [0.2, 0.25) is 0 Å². The fourth-order valence-electron chi connectivity index (χ4n) is 4.30. The van der Waals surface area contributed by atoms with E-state index < -0.39 is 11.6 Å². The summed E-state index contributed by atoms with van der Waals surface area (Å²) < 4.78 is 33.1. The Balaban J connectivity index is 1.45. The monoisotopic (exact) mass is 415 g/mol. The van der Waals surface area contributed by atoms with Crippen molar-refractivity contribution in [3.63, 3.8) is 0 Å². The maximum atomic E-state index is 15.1. The van der Waals surface area contributed by atoms with E-state index in [-0.39, 0.29) is 11.5 Å². The van der Waals surface area contributed by atoms with Gasteiger partial charge in [0.05, 0.1) is 23.5 Å². The summed E-state index contributed by atoms with van der Waals surface area (Å²) in [5.41, 5.74) is 0.836. The van der Waals surface area contributed by atoms with Crippen molar-refractivity contribution in [2.45, 2.75) is 26.4 Å². The van der Waals surface area contributed by atoms with Gasteiger partial charge in [-0.3, -0.25) is 9.69 Å². The van der Waals surface area contributed by atoms with Crippen LogP contribution in [0.1, 0.15) is 24.5 Å². The van der Waals surface area contributed by atoms with Gasteiger partial charge in [0.1, 0.15) is 18.1 Å². The Kier molecular flexibility index (Phi) is 4.43. The van der Waals surface area contributed by atoms with E-state index in [0.29, 0.717) is 73.2 Å². The van der Waals surface area contributed by atoms with Gasteiger partial charge in [0.25, 0.3) is 0 Å². The van der Waals surface area contributed by atoms with Crippen LogP contribution in [-0.4, -0.2) is 42.3 Å². The molecule has 2 aliphatic rings. The van der Waals surface area contributed by atoms with Gasteiger partial charge >= 0.3 is 5.82 Å². The summed E-state index contributed by atoms with van der Waals surface area (Å²) in [6.07, 6.45) is 1.75. The molecule has 158 valence electrons. The van der Waals surface area contributed by atoms with E-state index in [0.717, 1.165) is 0 Å². The van der Waals surface area contributed by atoms with Crippen LogP contribution >= 0.6 is 0 Å². The molecular weight excluding hydrogens is 393 g/mol. The number of anilines is 1. The number of rotatable bonds is 3. The first-order valence-corrected chi connectivity index (χ1v) is 9.99. The van der Waals surface area contributed by atoms with Crippen LogP contribution in [0.15, 0.2) is 36.8 Å². The smallest absolute Gasteiger partial charge is 0.487 e. The lowest BCUT2D eigenvalue weighted by Crippen LogP contribution is -2.46. The summed E-state index contributed by atoms with van der Waals surface area (Å²) >= 11 is 0. The highest BCUT2D eigenvalue weighted by Gasteiger charge is 2.30. The van der Waals surface area contributed by atoms with Crippen molar-refractivity contribution in [3.05, 3.63) is 56.5 Å². The van der Waals surface area contributed by atoms with Crippen molar-refractivity contribution < 1.29 is 18.0 Å². The summed E-state index contributed by atoms with van der Waals surface area (Å²) in [6, 6.07) is 2.86. The Morgan fingerprint density at radius 3 is 2.63 bits per heavy atom. The molecule has 0 aliphatic carbocycles.